The van der Waals surface area contributed by atoms with E-state index in [0.29, 0.717) is 43.3 Å². The number of hydrogen-bond donors (Lipinski definition) is 0. The average Bonchev–Trinajstić information content (AvgIpc) is 2.95. The molecule has 0 amide bonds. The molecule has 0 bridgehead atoms. The van der Waals surface area contributed by atoms with Crippen molar-refractivity contribution >= 4 is 0 Å². The van der Waals surface area contributed by atoms with E-state index in [1.54, 1.807) is 0 Å². The van der Waals surface area contributed by atoms with Crippen LogP contribution < -0.4 is 0 Å². The summed E-state index contributed by atoms with van der Waals surface area (Å²) in [5, 5.41) is 0. The van der Waals surface area contributed by atoms with Crippen molar-refractivity contribution in [1.82, 2.24) is 0 Å². The minimum atomic E-state index is 0.500. The quantitative estimate of drug-likeness (QED) is 0.275. The van der Waals surface area contributed by atoms with Crippen molar-refractivity contribution in [3.05, 3.63) is 0 Å². The van der Waals surface area contributed by atoms with Gasteiger partial charge in [0.2, 0.25) is 0 Å². The van der Waals surface area contributed by atoms with Crippen molar-refractivity contribution in [3.63, 3.8) is 0 Å². The molecule has 0 spiro atoms. The predicted molar refractivity (Wildman–Crippen MR) is 228 cm³/mol. The normalized spacial score (nSPS) is 28.4. The summed E-state index contributed by atoms with van der Waals surface area (Å²) >= 11 is 0. The van der Waals surface area contributed by atoms with E-state index in [0.717, 1.165) is 23.7 Å². The van der Waals surface area contributed by atoms with Crippen LogP contribution in [0.3, 0.4) is 0 Å². The topological polar surface area (TPSA) is 0 Å². The van der Waals surface area contributed by atoms with Gasteiger partial charge in [0.25, 0.3) is 0 Å². The van der Waals surface area contributed by atoms with Crippen molar-refractivity contribution in [1.29, 1.82) is 0 Å². The summed E-state index contributed by atoms with van der Waals surface area (Å²) in [4.78, 5) is 0. The maximum absolute atomic E-state index is 2.58. The lowest BCUT2D eigenvalue weighted by Gasteiger charge is -2.49. The Hall–Kier alpha value is 0. The Morgan fingerprint density at radius 1 is 0.280 bits per heavy atom. The van der Waals surface area contributed by atoms with E-state index in [1.807, 2.05) is 0 Å². The Kier molecular flexibility index (Phi) is 16.3. The van der Waals surface area contributed by atoms with Gasteiger partial charge >= 0.3 is 0 Å². The number of rotatable bonds is 3. The van der Waals surface area contributed by atoms with Gasteiger partial charge in [0.15, 0.2) is 0 Å². The standard InChI is InChI=1S/C19H36.C16H30.C10H20.C5H12/c1-17(2)11-7-15(8-12-17)19(5,6)16-9-13-18(3,4)14-10-16;1-15(2)9-5-13(6-10-15)14-7-11-16(3,4)12-8-14;1-9(2)5-7-10(3,4)8-6-9;1-5(2,3)4/h15-16H,7-14H2,1-6H3;13-14H,5-12H2,1-4H3;5-8H2,1-4H3;1-4H3. The maximum atomic E-state index is 2.58. The minimum Gasteiger partial charge on any atom is -0.0604 e. The van der Waals surface area contributed by atoms with Crippen molar-refractivity contribution in [2.75, 3.05) is 0 Å². The lowest BCUT2D eigenvalue weighted by Crippen LogP contribution is -2.39. The first-order valence-corrected chi connectivity index (χ1v) is 22.4. The molecule has 0 heterocycles. The molecule has 5 aliphatic rings. The Morgan fingerprint density at radius 2 is 0.440 bits per heavy atom. The van der Waals surface area contributed by atoms with E-state index in [9.17, 15) is 0 Å². The molecule has 0 N–H and O–H groups in total. The lowest BCUT2D eigenvalue weighted by molar-refractivity contribution is 0.0148. The van der Waals surface area contributed by atoms with Gasteiger partial charge < -0.3 is 0 Å². The summed E-state index contributed by atoms with van der Waals surface area (Å²) in [7, 11) is 0. The molecule has 0 unspecified atom stereocenters. The third-order valence-corrected chi connectivity index (χ3v) is 15.2. The fraction of sp³-hybridized carbons (Fsp3) is 1.00. The zero-order valence-electron chi connectivity index (χ0n) is 38.5. The molecular weight excluding hydrogens is 601 g/mol. The molecule has 0 atom stereocenters. The SMILES string of the molecule is CC(C)(C)C.CC1(C)CCC(C(C)(C)C2CCC(C)(C)CC2)CC1.CC1(C)CCC(C)(C)CC1.CC1(C)CCC(C2CCC(C)(C)CC2)CC1. The summed E-state index contributed by atoms with van der Waals surface area (Å²) in [5.74, 6) is 4.10. The highest BCUT2D eigenvalue weighted by atomic mass is 14.5. The van der Waals surface area contributed by atoms with Crippen molar-refractivity contribution < 1.29 is 0 Å². The van der Waals surface area contributed by atoms with Crippen LogP contribution in [-0.4, -0.2) is 0 Å². The van der Waals surface area contributed by atoms with Crippen LogP contribution in [-0.2, 0) is 0 Å². The van der Waals surface area contributed by atoms with E-state index in [2.05, 4.69) is 125 Å². The maximum Gasteiger partial charge on any atom is -0.0298 e. The van der Waals surface area contributed by atoms with Crippen LogP contribution in [0.2, 0.25) is 0 Å². The summed E-state index contributed by atoms with van der Waals surface area (Å²) in [6.07, 6.45) is 29.3. The summed E-state index contributed by atoms with van der Waals surface area (Å²) < 4.78 is 0. The van der Waals surface area contributed by atoms with Gasteiger partial charge in [0, 0.05) is 0 Å². The molecule has 0 aliphatic heterocycles. The highest BCUT2D eigenvalue weighted by Gasteiger charge is 2.43. The molecule has 0 aromatic rings. The summed E-state index contributed by atoms with van der Waals surface area (Å²) in [6.45, 7) is 43.1. The second-order valence-corrected chi connectivity index (χ2v) is 26.0. The first-order chi connectivity index (χ1) is 22.4. The van der Waals surface area contributed by atoms with E-state index in [-0.39, 0.29) is 0 Å². The van der Waals surface area contributed by atoms with E-state index in [1.165, 1.54) is 128 Å². The molecule has 0 aromatic heterocycles. The van der Waals surface area contributed by atoms with Crippen LogP contribution in [0.4, 0.5) is 0 Å². The van der Waals surface area contributed by atoms with Crippen molar-refractivity contribution in [2.45, 2.75) is 253 Å². The number of hydrogen-bond acceptors (Lipinski definition) is 0. The van der Waals surface area contributed by atoms with E-state index >= 15 is 0 Å². The summed E-state index contributed by atoms with van der Waals surface area (Å²) in [6, 6.07) is 0. The zero-order chi connectivity index (χ0) is 38.5. The highest BCUT2D eigenvalue weighted by molar-refractivity contribution is 4.93. The second kappa shape index (κ2) is 17.6. The Labute approximate surface area is 319 Å². The molecule has 0 radical (unpaired) electrons. The van der Waals surface area contributed by atoms with Gasteiger partial charge in [-0.25, -0.2) is 0 Å². The van der Waals surface area contributed by atoms with Crippen LogP contribution in [0.15, 0.2) is 0 Å². The first-order valence-electron chi connectivity index (χ1n) is 22.4. The average molecular weight is 699 g/mol. The van der Waals surface area contributed by atoms with Gasteiger partial charge in [0.05, 0.1) is 0 Å². The lowest BCUT2D eigenvalue weighted by atomic mass is 9.56. The minimum absolute atomic E-state index is 0.500. The molecule has 5 saturated carbocycles. The molecule has 0 heteroatoms. The van der Waals surface area contributed by atoms with Gasteiger partial charge in [-0.2, -0.15) is 0 Å². The fourth-order valence-electron chi connectivity index (χ4n) is 10.0. The van der Waals surface area contributed by atoms with Gasteiger partial charge in [-0.1, -0.05) is 125 Å². The van der Waals surface area contributed by atoms with Crippen molar-refractivity contribution in [2.24, 2.45) is 67.0 Å². The fourth-order valence-corrected chi connectivity index (χ4v) is 10.0. The largest absolute Gasteiger partial charge is 0.0604 e. The van der Waals surface area contributed by atoms with Crippen LogP contribution in [0.5, 0.6) is 0 Å². The van der Waals surface area contributed by atoms with Gasteiger partial charge in [-0.3, -0.25) is 0 Å². The Bertz CT molecular complexity index is 844. The third-order valence-electron chi connectivity index (χ3n) is 15.2. The predicted octanol–water partition coefficient (Wildman–Crippen LogP) is 17.5. The smallest absolute Gasteiger partial charge is 0.0298 e. The van der Waals surface area contributed by atoms with Crippen molar-refractivity contribution in [3.8, 4) is 0 Å². The molecule has 0 aromatic carbocycles. The van der Waals surface area contributed by atoms with Crippen LogP contribution in [0, 0.1) is 67.0 Å². The van der Waals surface area contributed by atoms with Gasteiger partial charge in [-0.15, -0.1) is 0 Å². The van der Waals surface area contributed by atoms with Gasteiger partial charge in [-0.05, 0) is 195 Å². The molecular formula is C50H98. The summed E-state index contributed by atoms with van der Waals surface area (Å²) in [5.41, 5.74) is 4.86. The monoisotopic (exact) mass is 699 g/mol. The first kappa shape index (κ1) is 46.2. The molecule has 50 heavy (non-hydrogen) atoms. The molecule has 5 fully saturated rings. The molecule has 0 saturated heterocycles. The van der Waals surface area contributed by atoms with Crippen LogP contribution in [0.25, 0.3) is 0 Å². The van der Waals surface area contributed by atoms with E-state index < -0.39 is 0 Å². The Morgan fingerprint density at radius 3 is 0.640 bits per heavy atom. The second-order valence-electron chi connectivity index (χ2n) is 26.0. The van der Waals surface area contributed by atoms with E-state index in [4.69, 9.17) is 0 Å². The zero-order valence-corrected chi connectivity index (χ0v) is 38.5. The van der Waals surface area contributed by atoms with Crippen LogP contribution in [0.1, 0.15) is 253 Å². The highest BCUT2D eigenvalue weighted by Crippen LogP contribution is 2.53. The molecule has 298 valence electrons. The Balaban J connectivity index is 0.000000252. The van der Waals surface area contributed by atoms with Crippen LogP contribution >= 0.6 is 0 Å². The molecule has 0 nitrogen and oxygen atoms in total. The van der Waals surface area contributed by atoms with Gasteiger partial charge in [0.1, 0.15) is 0 Å². The molecule has 5 aliphatic carbocycles. The third kappa shape index (κ3) is 17.4. The molecule has 5 rings (SSSR count).